The van der Waals surface area contributed by atoms with E-state index in [1.54, 1.807) is 0 Å². The molecule has 0 radical (unpaired) electrons. The van der Waals surface area contributed by atoms with Crippen molar-refractivity contribution in [1.82, 2.24) is 0 Å². The SMILES string of the molecule is CC1(C)OB([O-])OC1(C)C.[Li+]. The molecule has 0 aromatic carbocycles. The Morgan fingerprint density at radius 3 is 1.36 bits per heavy atom. The van der Waals surface area contributed by atoms with Crippen molar-refractivity contribution < 1.29 is 33.2 Å². The van der Waals surface area contributed by atoms with E-state index in [0.717, 1.165) is 0 Å². The number of hydrogen-bond donors (Lipinski definition) is 0. The van der Waals surface area contributed by atoms with Crippen LogP contribution in [-0.4, -0.2) is 18.5 Å². The first kappa shape index (κ1) is 11.5. The molecule has 0 spiro atoms. The molecule has 5 heteroatoms. The monoisotopic (exact) mass is 150 g/mol. The molecule has 0 unspecified atom stereocenters. The average molecular weight is 150 g/mol. The third-order valence-corrected chi connectivity index (χ3v) is 2.23. The molecule has 1 fully saturated rings. The van der Waals surface area contributed by atoms with Crippen LogP contribution in [0.3, 0.4) is 0 Å². The van der Waals surface area contributed by atoms with E-state index in [9.17, 15) is 5.02 Å². The van der Waals surface area contributed by atoms with Gasteiger partial charge in [0, 0.05) is 0 Å². The molecule has 3 nitrogen and oxygen atoms in total. The van der Waals surface area contributed by atoms with Gasteiger partial charge >= 0.3 is 26.2 Å². The molecule has 0 aromatic rings. The number of rotatable bonds is 0. The van der Waals surface area contributed by atoms with Gasteiger partial charge in [-0.1, -0.05) is 0 Å². The van der Waals surface area contributed by atoms with Crippen molar-refractivity contribution in [2.24, 2.45) is 0 Å². The standard InChI is InChI=1S/C6H12BO3.Li/c1-5(2)6(3,4)10-7(8)9-5;/h1-4H3;/q-1;+1. The van der Waals surface area contributed by atoms with Crippen molar-refractivity contribution in [2.45, 2.75) is 38.9 Å². The van der Waals surface area contributed by atoms with Gasteiger partial charge in [-0.15, -0.1) is 0 Å². The molecule has 11 heavy (non-hydrogen) atoms. The Morgan fingerprint density at radius 1 is 1.00 bits per heavy atom. The second-order valence-corrected chi connectivity index (χ2v) is 3.54. The van der Waals surface area contributed by atoms with Gasteiger partial charge in [0.1, 0.15) is 0 Å². The van der Waals surface area contributed by atoms with Gasteiger partial charge in [0.25, 0.3) is 0 Å². The number of hydrogen-bond acceptors (Lipinski definition) is 3. The van der Waals surface area contributed by atoms with Crippen LogP contribution in [0.5, 0.6) is 0 Å². The predicted molar refractivity (Wildman–Crippen MR) is 36.1 cm³/mol. The summed E-state index contributed by atoms with van der Waals surface area (Å²) in [6, 6.07) is 0. The van der Waals surface area contributed by atoms with E-state index in [2.05, 4.69) is 0 Å². The second kappa shape index (κ2) is 3.12. The zero-order valence-electron chi connectivity index (χ0n) is 7.80. The Bertz CT molecular complexity index is 133. The molecular weight excluding hydrogens is 138 g/mol. The minimum absolute atomic E-state index is 0. The summed E-state index contributed by atoms with van der Waals surface area (Å²) < 4.78 is 9.97. The van der Waals surface area contributed by atoms with E-state index >= 15 is 0 Å². The predicted octanol–water partition coefficient (Wildman–Crippen LogP) is -3.06. The van der Waals surface area contributed by atoms with Crippen LogP contribution in [-0.2, 0) is 9.31 Å². The quantitative estimate of drug-likeness (QED) is 0.344. The van der Waals surface area contributed by atoms with E-state index < -0.39 is 18.5 Å². The van der Waals surface area contributed by atoms with Crippen LogP contribution < -0.4 is 23.9 Å². The Hall–Kier alpha value is 0.542. The smallest absolute Gasteiger partial charge is 0.832 e. The van der Waals surface area contributed by atoms with Gasteiger partial charge < -0.3 is 14.3 Å². The van der Waals surface area contributed by atoms with E-state index in [1.807, 2.05) is 27.7 Å². The van der Waals surface area contributed by atoms with Crippen molar-refractivity contribution >= 4 is 7.32 Å². The fraction of sp³-hybridized carbons (Fsp3) is 1.00. The molecule has 1 aliphatic heterocycles. The van der Waals surface area contributed by atoms with Gasteiger partial charge in [0.05, 0.1) is 11.2 Å². The first-order valence-corrected chi connectivity index (χ1v) is 3.37. The van der Waals surface area contributed by atoms with Crippen LogP contribution in [0, 0.1) is 0 Å². The normalized spacial score (nSPS) is 26.5. The van der Waals surface area contributed by atoms with E-state index in [4.69, 9.17) is 9.31 Å². The summed E-state index contributed by atoms with van der Waals surface area (Å²) >= 11 is 0. The topological polar surface area (TPSA) is 41.5 Å². The van der Waals surface area contributed by atoms with Crippen LogP contribution >= 0.6 is 0 Å². The maximum Gasteiger partial charge on any atom is 1.00 e. The Balaban J connectivity index is 0.000001000. The Labute approximate surface area is 79.8 Å². The molecule has 0 aromatic heterocycles. The summed E-state index contributed by atoms with van der Waals surface area (Å²) in [7, 11) is -1.31. The van der Waals surface area contributed by atoms with Crippen molar-refractivity contribution in [2.75, 3.05) is 0 Å². The molecule has 1 rings (SSSR count). The van der Waals surface area contributed by atoms with Crippen molar-refractivity contribution in [3.63, 3.8) is 0 Å². The molecule has 1 aliphatic rings. The molecule has 58 valence electrons. The summed E-state index contributed by atoms with van der Waals surface area (Å²) in [4.78, 5) is 0. The maximum absolute atomic E-state index is 10.7. The Morgan fingerprint density at radius 2 is 1.27 bits per heavy atom. The summed E-state index contributed by atoms with van der Waals surface area (Å²) in [6.45, 7) is 7.41. The first-order valence-electron chi connectivity index (χ1n) is 3.37. The third-order valence-electron chi connectivity index (χ3n) is 2.23. The molecule has 0 amide bonds. The van der Waals surface area contributed by atoms with Crippen LogP contribution in [0.1, 0.15) is 27.7 Å². The molecule has 0 saturated carbocycles. The van der Waals surface area contributed by atoms with Crippen molar-refractivity contribution in [1.29, 1.82) is 0 Å². The molecule has 0 atom stereocenters. The summed E-state index contributed by atoms with van der Waals surface area (Å²) in [5, 5.41) is 10.7. The largest absolute Gasteiger partial charge is 1.00 e. The molecule has 0 bridgehead atoms. The average Bonchev–Trinajstić information content (AvgIpc) is 1.73. The van der Waals surface area contributed by atoms with E-state index in [0.29, 0.717) is 0 Å². The van der Waals surface area contributed by atoms with Gasteiger partial charge in [-0.3, -0.25) is 0 Å². The van der Waals surface area contributed by atoms with Crippen LogP contribution in [0.25, 0.3) is 0 Å². The minimum Gasteiger partial charge on any atom is -0.832 e. The minimum atomic E-state index is -1.31. The summed E-state index contributed by atoms with van der Waals surface area (Å²) in [5.41, 5.74) is -0.946. The molecule has 0 aliphatic carbocycles. The van der Waals surface area contributed by atoms with Gasteiger partial charge in [-0.2, -0.15) is 0 Å². The summed E-state index contributed by atoms with van der Waals surface area (Å²) in [5.74, 6) is 0. The van der Waals surface area contributed by atoms with Gasteiger partial charge in [-0.25, -0.2) is 0 Å². The van der Waals surface area contributed by atoms with E-state index in [1.165, 1.54) is 0 Å². The third kappa shape index (κ3) is 2.01. The van der Waals surface area contributed by atoms with Crippen LogP contribution in [0.4, 0.5) is 0 Å². The second-order valence-electron chi connectivity index (χ2n) is 3.54. The van der Waals surface area contributed by atoms with Gasteiger partial charge in [0.2, 0.25) is 0 Å². The fourth-order valence-electron chi connectivity index (χ4n) is 0.789. The van der Waals surface area contributed by atoms with Crippen molar-refractivity contribution in [3.05, 3.63) is 0 Å². The zero-order chi connectivity index (χ0) is 7.99. The van der Waals surface area contributed by atoms with E-state index in [-0.39, 0.29) is 18.9 Å². The maximum atomic E-state index is 10.7. The molecular formula is C6H12BLiO3. The summed E-state index contributed by atoms with van der Waals surface area (Å²) in [6.07, 6.45) is 0. The van der Waals surface area contributed by atoms with Crippen LogP contribution in [0.2, 0.25) is 0 Å². The molecule has 1 saturated heterocycles. The zero-order valence-corrected chi connectivity index (χ0v) is 7.80. The van der Waals surface area contributed by atoms with Gasteiger partial charge in [-0.05, 0) is 27.7 Å². The van der Waals surface area contributed by atoms with Crippen molar-refractivity contribution in [3.8, 4) is 0 Å². The fourth-order valence-corrected chi connectivity index (χ4v) is 0.789. The van der Waals surface area contributed by atoms with Gasteiger partial charge in [0.15, 0.2) is 0 Å². The molecule has 0 N–H and O–H groups in total. The first-order chi connectivity index (χ1) is 4.35. The Kier molecular flexibility index (Phi) is 3.27. The van der Waals surface area contributed by atoms with Crippen LogP contribution in [0.15, 0.2) is 0 Å². The molecule has 1 heterocycles.